The lowest BCUT2D eigenvalue weighted by Gasteiger charge is -2.14. The molecular formula is C14H12F3N3O. The molecule has 0 atom stereocenters. The van der Waals surface area contributed by atoms with Crippen LogP contribution in [-0.2, 0) is 11.8 Å². The van der Waals surface area contributed by atoms with Gasteiger partial charge in [-0.1, -0.05) is 6.07 Å². The van der Waals surface area contributed by atoms with Gasteiger partial charge in [0.25, 0.3) is 0 Å². The zero-order valence-corrected chi connectivity index (χ0v) is 11.3. The van der Waals surface area contributed by atoms with E-state index in [-0.39, 0.29) is 5.69 Å². The van der Waals surface area contributed by atoms with Gasteiger partial charge < -0.3 is 5.11 Å². The van der Waals surface area contributed by atoms with Gasteiger partial charge in [0.1, 0.15) is 11.7 Å². The van der Waals surface area contributed by atoms with Crippen LogP contribution in [-0.4, -0.2) is 14.9 Å². The van der Waals surface area contributed by atoms with Crippen molar-refractivity contribution in [1.29, 1.82) is 5.26 Å². The second kappa shape index (κ2) is 4.90. The molecule has 0 aliphatic carbocycles. The lowest BCUT2D eigenvalue weighted by atomic mass is 10.1. The number of rotatable bonds is 2. The van der Waals surface area contributed by atoms with Crippen molar-refractivity contribution in [3.05, 3.63) is 47.3 Å². The smallest absolute Gasteiger partial charge is 0.384 e. The molecule has 2 rings (SSSR count). The molecule has 0 spiro atoms. The van der Waals surface area contributed by atoms with Crippen LogP contribution in [0.5, 0.6) is 0 Å². The summed E-state index contributed by atoms with van der Waals surface area (Å²) in [7, 11) is 0. The van der Waals surface area contributed by atoms with E-state index in [9.17, 15) is 18.3 Å². The molecule has 0 saturated heterocycles. The number of benzene rings is 1. The zero-order chi connectivity index (χ0) is 15.8. The zero-order valence-electron chi connectivity index (χ0n) is 11.3. The molecular weight excluding hydrogens is 283 g/mol. The highest BCUT2D eigenvalue weighted by Crippen LogP contribution is 2.34. The topological polar surface area (TPSA) is 61.8 Å². The molecule has 4 nitrogen and oxygen atoms in total. The number of nitrogens with zero attached hydrogens (tertiary/aromatic N) is 3. The fraction of sp³-hybridized carbons (Fsp3) is 0.286. The first-order valence-corrected chi connectivity index (χ1v) is 6.04. The van der Waals surface area contributed by atoms with Gasteiger partial charge >= 0.3 is 6.18 Å². The molecule has 1 aromatic heterocycles. The summed E-state index contributed by atoms with van der Waals surface area (Å²) in [6.07, 6.45) is -3.21. The maximum atomic E-state index is 12.9. The van der Waals surface area contributed by atoms with E-state index < -0.39 is 22.9 Å². The van der Waals surface area contributed by atoms with Gasteiger partial charge in [0.05, 0.1) is 22.5 Å². The third-order valence-electron chi connectivity index (χ3n) is 2.92. The summed E-state index contributed by atoms with van der Waals surface area (Å²) in [6, 6.07) is 6.49. The van der Waals surface area contributed by atoms with Gasteiger partial charge in [0.15, 0.2) is 0 Å². The van der Waals surface area contributed by atoms with Crippen LogP contribution in [0.15, 0.2) is 30.5 Å². The first-order valence-electron chi connectivity index (χ1n) is 6.04. The van der Waals surface area contributed by atoms with E-state index in [0.29, 0.717) is 5.69 Å². The molecule has 0 saturated carbocycles. The van der Waals surface area contributed by atoms with Gasteiger partial charge in [-0.15, -0.1) is 0 Å². The molecule has 7 heteroatoms. The third kappa shape index (κ3) is 2.90. The fourth-order valence-electron chi connectivity index (χ4n) is 1.87. The predicted molar refractivity (Wildman–Crippen MR) is 68.5 cm³/mol. The van der Waals surface area contributed by atoms with Crippen LogP contribution >= 0.6 is 0 Å². The Kier molecular flexibility index (Phi) is 3.51. The number of aromatic nitrogens is 2. The summed E-state index contributed by atoms with van der Waals surface area (Å²) in [4.78, 5) is 0. The van der Waals surface area contributed by atoms with Crippen molar-refractivity contribution in [2.45, 2.75) is 25.6 Å². The number of alkyl halides is 3. The van der Waals surface area contributed by atoms with Crippen molar-refractivity contribution in [1.82, 2.24) is 9.78 Å². The standard InChI is InChI=1S/C14H12F3N3O/c1-13(2,21)12-6-7-20(19-12)11-5-3-4-10(9(11)8-18)14(15,16)17/h3-7,21H,1-2H3. The largest absolute Gasteiger partial charge is 0.417 e. The Morgan fingerprint density at radius 3 is 2.38 bits per heavy atom. The van der Waals surface area contributed by atoms with Gasteiger partial charge in [-0.3, -0.25) is 0 Å². The van der Waals surface area contributed by atoms with Crippen molar-refractivity contribution in [3.8, 4) is 11.8 Å². The monoisotopic (exact) mass is 295 g/mol. The highest BCUT2D eigenvalue weighted by Gasteiger charge is 2.35. The highest BCUT2D eigenvalue weighted by molar-refractivity contribution is 5.54. The summed E-state index contributed by atoms with van der Waals surface area (Å²) in [5, 5.41) is 22.9. The van der Waals surface area contributed by atoms with Crippen LogP contribution in [0.25, 0.3) is 5.69 Å². The summed E-state index contributed by atoms with van der Waals surface area (Å²) < 4.78 is 39.9. The molecule has 0 amide bonds. The summed E-state index contributed by atoms with van der Waals surface area (Å²) >= 11 is 0. The van der Waals surface area contributed by atoms with Crippen LogP contribution in [0.3, 0.4) is 0 Å². The molecule has 2 aromatic rings. The molecule has 0 bridgehead atoms. The lowest BCUT2D eigenvalue weighted by Crippen LogP contribution is -2.17. The fourth-order valence-corrected chi connectivity index (χ4v) is 1.87. The minimum atomic E-state index is -4.62. The van der Waals surface area contributed by atoms with Crippen molar-refractivity contribution >= 4 is 0 Å². The Morgan fingerprint density at radius 2 is 1.90 bits per heavy atom. The average molecular weight is 295 g/mol. The Balaban J connectivity index is 2.61. The van der Waals surface area contributed by atoms with E-state index in [1.165, 1.54) is 38.2 Å². The van der Waals surface area contributed by atoms with Gasteiger partial charge in [-0.25, -0.2) is 4.68 Å². The number of hydrogen-bond acceptors (Lipinski definition) is 3. The summed E-state index contributed by atoms with van der Waals surface area (Å²) in [6.45, 7) is 3.02. The van der Waals surface area contributed by atoms with E-state index in [0.717, 1.165) is 10.7 Å². The summed E-state index contributed by atoms with van der Waals surface area (Å²) in [5.74, 6) is 0. The van der Waals surface area contributed by atoms with Gasteiger partial charge in [0, 0.05) is 6.20 Å². The molecule has 110 valence electrons. The maximum Gasteiger partial charge on any atom is 0.417 e. The second-order valence-electron chi connectivity index (χ2n) is 5.01. The lowest BCUT2D eigenvalue weighted by molar-refractivity contribution is -0.137. The molecule has 0 fully saturated rings. The molecule has 0 radical (unpaired) electrons. The van der Waals surface area contributed by atoms with Crippen molar-refractivity contribution in [2.75, 3.05) is 0 Å². The van der Waals surface area contributed by atoms with Crippen molar-refractivity contribution in [3.63, 3.8) is 0 Å². The van der Waals surface area contributed by atoms with Gasteiger partial charge in [-0.2, -0.15) is 23.5 Å². The first kappa shape index (κ1) is 15.1. The normalized spacial score (nSPS) is 12.2. The average Bonchev–Trinajstić information content (AvgIpc) is 2.86. The quantitative estimate of drug-likeness (QED) is 0.926. The van der Waals surface area contributed by atoms with Crippen LogP contribution in [0, 0.1) is 11.3 Å². The minimum Gasteiger partial charge on any atom is -0.384 e. The van der Waals surface area contributed by atoms with E-state index >= 15 is 0 Å². The van der Waals surface area contributed by atoms with Gasteiger partial charge in [0.2, 0.25) is 0 Å². The van der Waals surface area contributed by atoms with Crippen LogP contribution in [0.2, 0.25) is 0 Å². The SMILES string of the molecule is CC(C)(O)c1ccn(-c2cccc(C(F)(F)F)c2C#N)n1. The Morgan fingerprint density at radius 1 is 1.24 bits per heavy atom. The molecule has 1 aromatic carbocycles. The van der Waals surface area contributed by atoms with E-state index in [4.69, 9.17) is 5.26 Å². The van der Waals surface area contributed by atoms with E-state index in [1.54, 1.807) is 6.07 Å². The van der Waals surface area contributed by atoms with E-state index in [2.05, 4.69) is 5.10 Å². The summed E-state index contributed by atoms with van der Waals surface area (Å²) in [5.41, 5.74) is -2.43. The number of nitriles is 1. The molecule has 0 unspecified atom stereocenters. The molecule has 0 aliphatic heterocycles. The third-order valence-corrected chi connectivity index (χ3v) is 2.92. The Bertz CT molecular complexity index is 705. The highest BCUT2D eigenvalue weighted by atomic mass is 19.4. The Labute approximate surface area is 119 Å². The van der Waals surface area contributed by atoms with Crippen LogP contribution in [0.4, 0.5) is 13.2 Å². The predicted octanol–water partition coefficient (Wildman–Crippen LogP) is 2.99. The second-order valence-corrected chi connectivity index (χ2v) is 5.01. The van der Waals surface area contributed by atoms with Crippen LogP contribution in [0.1, 0.15) is 30.7 Å². The van der Waals surface area contributed by atoms with Crippen molar-refractivity contribution < 1.29 is 18.3 Å². The maximum absolute atomic E-state index is 12.9. The number of hydrogen-bond donors (Lipinski definition) is 1. The number of aliphatic hydroxyl groups is 1. The Hall–Kier alpha value is -2.33. The minimum absolute atomic E-state index is 0.0165. The van der Waals surface area contributed by atoms with E-state index in [1.807, 2.05) is 0 Å². The first-order chi connectivity index (χ1) is 9.64. The molecule has 21 heavy (non-hydrogen) atoms. The van der Waals surface area contributed by atoms with Crippen molar-refractivity contribution in [2.24, 2.45) is 0 Å². The molecule has 1 heterocycles. The molecule has 0 aliphatic rings. The number of halogens is 3. The molecule has 1 N–H and O–H groups in total. The van der Waals surface area contributed by atoms with Crippen LogP contribution < -0.4 is 0 Å². The van der Waals surface area contributed by atoms with Gasteiger partial charge in [-0.05, 0) is 32.0 Å².